The number of hydrogen-bond donors (Lipinski definition) is 1. The SMILES string of the molecule is C=CCCCC/C=C/COC(=N)C(Cl)(Cl)Cl. The summed E-state index contributed by atoms with van der Waals surface area (Å²) in [5.74, 6) is -0.353. The Hall–Kier alpha value is -0.180. The first-order valence-corrected chi connectivity index (χ1v) is 6.16. The van der Waals surface area contributed by atoms with Crippen LogP contribution in [0.4, 0.5) is 0 Å². The Labute approximate surface area is 112 Å². The van der Waals surface area contributed by atoms with Crippen LogP contribution in [-0.4, -0.2) is 16.3 Å². The molecular formula is C11H16Cl3NO. The lowest BCUT2D eigenvalue weighted by Crippen LogP contribution is -2.21. The van der Waals surface area contributed by atoms with Gasteiger partial charge in [0.1, 0.15) is 6.61 Å². The number of hydrogen-bond acceptors (Lipinski definition) is 2. The molecule has 0 aliphatic carbocycles. The molecule has 92 valence electrons. The number of ether oxygens (including phenoxy) is 1. The van der Waals surface area contributed by atoms with Crippen LogP contribution in [0.2, 0.25) is 0 Å². The highest BCUT2D eigenvalue weighted by Crippen LogP contribution is 2.27. The van der Waals surface area contributed by atoms with Gasteiger partial charge in [-0.15, -0.1) is 6.58 Å². The molecule has 0 rings (SSSR count). The summed E-state index contributed by atoms with van der Waals surface area (Å²) in [5.41, 5.74) is 0. The molecule has 0 spiro atoms. The van der Waals surface area contributed by atoms with E-state index in [1.54, 1.807) is 0 Å². The van der Waals surface area contributed by atoms with Crippen LogP contribution in [0.25, 0.3) is 0 Å². The van der Waals surface area contributed by atoms with Gasteiger partial charge in [-0.25, -0.2) is 0 Å². The van der Waals surface area contributed by atoms with Gasteiger partial charge in [0, 0.05) is 0 Å². The van der Waals surface area contributed by atoms with Crippen LogP contribution in [0.5, 0.6) is 0 Å². The average molecular weight is 285 g/mol. The minimum atomic E-state index is -1.77. The fraction of sp³-hybridized carbons (Fsp3) is 0.545. The maximum absolute atomic E-state index is 7.25. The smallest absolute Gasteiger partial charge is 0.265 e. The van der Waals surface area contributed by atoms with Crippen molar-refractivity contribution in [1.82, 2.24) is 0 Å². The zero-order chi connectivity index (χ0) is 12.4. The summed E-state index contributed by atoms with van der Waals surface area (Å²) in [5, 5.41) is 7.25. The van der Waals surface area contributed by atoms with Gasteiger partial charge in [0.15, 0.2) is 0 Å². The van der Waals surface area contributed by atoms with Crippen molar-refractivity contribution in [3.8, 4) is 0 Å². The van der Waals surface area contributed by atoms with Crippen molar-refractivity contribution >= 4 is 40.7 Å². The van der Waals surface area contributed by atoms with E-state index in [0.717, 1.165) is 25.7 Å². The maximum Gasteiger partial charge on any atom is 0.265 e. The molecule has 0 unspecified atom stereocenters. The van der Waals surface area contributed by atoms with E-state index in [0.29, 0.717) is 0 Å². The summed E-state index contributed by atoms with van der Waals surface area (Å²) < 4.78 is 3.15. The average Bonchev–Trinajstić information content (AvgIpc) is 2.20. The Bertz CT molecular complexity index is 246. The van der Waals surface area contributed by atoms with Crippen LogP contribution in [-0.2, 0) is 4.74 Å². The lowest BCUT2D eigenvalue weighted by Gasteiger charge is -2.11. The molecule has 0 saturated heterocycles. The van der Waals surface area contributed by atoms with Crippen LogP contribution in [0.1, 0.15) is 25.7 Å². The van der Waals surface area contributed by atoms with Gasteiger partial charge in [0.25, 0.3) is 3.79 Å². The van der Waals surface area contributed by atoms with Gasteiger partial charge in [-0.2, -0.15) is 0 Å². The molecule has 0 radical (unpaired) electrons. The summed E-state index contributed by atoms with van der Waals surface area (Å²) in [4.78, 5) is 0. The van der Waals surface area contributed by atoms with E-state index in [1.807, 2.05) is 18.2 Å². The predicted octanol–water partition coefficient (Wildman–Crippen LogP) is 4.65. The molecule has 0 aliphatic heterocycles. The molecule has 0 aromatic carbocycles. The third kappa shape index (κ3) is 9.08. The Kier molecular flexibility index (Phi) is 8.81. The molecule has 0 fully saturated rings. The molecule has 0 aromatic rings. The molecular weight excluding hydrogens is 268 g/mol. The maximum atomic E-state index is 7.25. The second kappa shape index (κ2) is 8.91. The van der Waals surface area contributed by atoms with Crippen LogP contribution in [0.3, 0.4) is 0 Å². The molecule has 5 heteroatoms. The van der Waals surface area contributed by atoms with Gasteiger partial charge < -0.3 is 4.74 Å². The van der Waals surface area contributed by atoms with Gasteiger partial charge in [-0.05, 0) is 25.7 Å². The quantitative estimate of drug-likeness (QED) is 0.238. The number of rotatable bonds is 7. The lowest BCUT2D eigenvalue weighted by molar-refractivity contribution is 0.339. The van der Waals surface area contributed by atoms with E-state index in [-0.39, 0.29) is 12.5 Å². The van der Waals surface area contributed by atoms with E-state index in [4.69, 9.17) is 44.9 Å². The summed E-state index contributed by atoms with van der Waals surface area (Å²) in [7, 11) is 0. The van der Waals surface area contributed by atoms with Crippen molar-refractivity contribution < 1.29 is 4.74 Å². The van der Waals surface area contributed by atoms with Crippen LogP contribution >= 0.6 is 34.8 Å². The molecule has 0 amide bonds. The van der Waals surface area contributed by atoms with Crippen molar-refractivity contribution in [3.05, 3.63) is 24.8 Å². The fourth-order valence-corrected chi connectivity index (χ4v) is 1.11. The van der Waals surface area contributed by atoms with Crippen molar-refractivity contribution in [2.45, 2.75) is 29.5 Å². The summed E-state index contributed by atoms with van der Waals surface area (Å²) >= 11 is 16.3. The lowest BCUT2D eigenvalue weighted by atomic mass is 10.2. The molecule has 16 heavy (non-hydrogen) atoms. The zero-order valence-electron chi connectivity index (χ0n) is 9.02. The highest BCUT2D eigenvalue weighted by molar-refractivity contribution is 6.76. The third-order valence-corrected chi connectivity index (χ3v) is 2.29. The molecule has 0 heterocycles. The van der Waals surface area contributed by atoms with E-state index in [9.17, 15) is 0 Å². The fourth-order valence-electron chi connectivity index (χ4n) is 0.950. The van der Waals surface area contributed by atoms with Crippen LogP contribution in [0, 0.1) is 5.41 Å². The third-order valence-electron chi connectivity index (χ3n) is 1.78. The molecule has 0 atom stereocenters. The standard InChI is InChI=1S/C11H16Cl3NO/c1-2-3-4-5-6-7-8-9-16-10(15)11(12,13)14/h2,7-8,15H,1,3-6,9H2/b8-7+,15-10?. The molecule has 0 aromatic heterocycles. The number of allylic oxidation sites excluding steroid dienone is 2. The first kappa shape index (κ1) is 15.8. The Balaban J connectivity index is 3.48. The normalized spacial score (nSPS) is 11.7. The number of nitrogens with one attached hydrogen (secondary N) is 1. The van der Waals surface area contributed by atoms with Gasteiger partial charge in [-0.3, -0.25) is 5.41 Å². The van der Waals surface area contributed by atoms with Gasteiger partial charge in [-0.1, -0.05) is 53.0 Å². The minimum Gasteiger partial charge on any atom is -0.474 e. The van der Waals surface area contributed by atoms with E-state index < -0.39 is 3.79 Å². The second-order valence-electron chi connectivity index (χ2n) is 3.18. The molecule has 0 saturated carbocycles. The van der Waals surface area contributed by atoms with E-state index in [1.165, 1.54) is 0 Å². The highest BCUT2D eigenvalue weighted by atomic mass is 35.6. The molecule has 2 nitrogen and oxygen atoms in total. The number of unbranched alkanes of at least 4 members (excludes halogenated alkanes) is 3. The predicted molar refractivity (Wildman–Crippen MR) is 71.8 cm³/mol. The zero-order valence-corrected chi connectivity index (χ0v) is 11.3. The van der Waals surface area contributed by atoms with Crippen molar-refractivity contribution in [2.24, 2.45) is 0 Å². The first-order chi connectivity index (χ1) is 7.48. The Morgan fingerprint density at radius 2 is 1.81 bits per heavy atom. The molecule has 0 aliphatic rings. The van der Waals surface area contributed by atoms with Crippen molar-refractivity contribution in [3.63, 3.8) is 0 Å². The van der Waals surface area contributed by atoms with Crippen molar-refractivity contribution in [2.75, 3.05) is 6.61 Å². The first-order valence-electron chi connectivity index (χ1n) is 5.03. The second-order valence-corrected chi connectivity index (χ2v) is 5.46. The topological polar surface area (TPSA) is 33.1 Å². The summed E-state index contributed by atoms with van der Waals surface area (Å²) in [6, 6.07) is 0. The summed E-state index contributed by atoms with van der Waals surface area (Å²) in [6.07, 6.45) is 10.0. The number of halogens is 3. The Morgan fingerprint density at radius 3 is 2.38 bits per heavy atom. The van der Waals surface area contributed by atoms with E-state index in [2.05, 4.69) is 6.58 Å². The number of alkyl halides is 3. The summed E-state index contributed by atoms with van der Waals surface area (Å²) in [6.45, 7) is 3.91. The van der Waals surface area contributed by atoms with Crippen LogP contribution < -0.4 is 0 Å². The highest BCUT2D eigenvalue weighted by Gasteiger charge is 2.28. The largest absolute Gasteiger partial charge is 0.474 e. The molecule has 0 bridgehead atoms. The van der Waals surface area contributed by atoms with Crippen LogP contribution in [0.15, 0.2) is 24.8 Å². The van der Waals surface area contributed by atoms with Gasteiger partial charge in [0.05, 0.1) is 0 Å². The van der Waals surface area contributed by atoms with Gasteiger partial charge in [0.2, 0.25) is 5.90 Å². The van der Waals surface area contributed by atoms with Crippen molar-refractivity contribution in [1.29, 1.82) is 5.41 Å². The minimum absolute atomic E-state index is 0.258. The van der Waals surface area contributed by atoms with E-state index >= 15 is 0 Å². The monoisotopic (exact) mass is 283 g/mol. The molecule has 1 N–H and O–H groups in total. The Morgan fingerprint density at radius 1 is 1.19 bits per heavy atom. The van der Waals surface area contributed by atoms with Gasteiger partial charge >= 0.3 is 0 Å².